The number of ether oxygens (including phenoxy) is 1. The molecule has 0 bridgehead atoms. The van der Waals surface area contributed by atoms with Gasteiger partial charge in [-0.25, -0.2) is 4.99 Å². The predicted octanol–water partition coefficient (Wildman–Crippen LogP) is 7.33. The Hall–Kier alpha value is -4.65. The molecule has 0 saturated carbocycles. The van der Waals surface area contributed by atoms with Crippen molar-refractivity contribution in [1.29, 1.82) is 0 Å². The Morgan fingerprint density at radius 2 is 1.42 bits per heavy atom. The normalized spacial score (nSPS) is 14.8. The summed E-state index contributed by atoms with van der Waals surface area (Å²) < 4.78 is 46.0. The number of aliphatic imine (C=N–C) groups is 1. The van der Waals surface area contributed by atoms with E-state index in [9.17, 15) is 18.0 Å². The first kappa shape index (κ1) is 23.1. The minimum Gasteiger partial charge on any atom is -0.457 e. The van der Waals surface area contributed by atoms with Gasteiger partial charge in [-0.15, -0.1) is 0 Å². The Balaban J connectivity index is 1.53. The molecule has 0 fully saturated rings. The van der Waals surface area contributed by atoms with Crippen molar-refractivity contribution in [3.63, 3.8) is 0 Å². The van der Waals surface area contributed by atoms with Gasteiger partial charge in [0.1, 0.15) is 23.0 Å². The highest BCUT2D eigenvalue weighted by Gasteiger charge is 2.35. The number of halogens is 3. The van der Waals surface area contributed by atoms with E-state index in [0.717, 1.165) is 12.1 Å². The lowest BCUT2D eigenvalue weighted by Gasteiger charge is -2.20. The Bertz CT molecular complexity index is 1460. The zero-order valence-corrected chi connectivity index (χ0v) is 18.8. The van der Waals surface area contributed by atoms with Gasteiger partial charge >= 0.3 is 6.18 Å². The van der Waals surface area contributed by atoms with Crippen molar-refractivity contribution in [2.24, 2.45) is 4.99 Å². The average Bonchev–Trinajstić information content (AvgIpc) is 3.20. The number of rotatable bonds is 5. The molecular weight excluding hydrogens is 465 g/mol. The van der Waals surface area contributed by atoms with Crippen molar-refractivity contribution in [2.75, 3.05) is 4.90 Å². The van der Waals surface area contributed by atoms with E-state index in [2.05, 4.69) is 4.99 Å². The standard InChI is InChI=1S/C29H19F3N2O2/c30-29(31,32)22-12-8-13-23(19-22)34-27(21-10-3-1-4-11-21)33-26(28(34)35)18-20-9-7-16-25(17-20)36-24-14-5-2-6-15-24/h1-19H/b26-18+. The molecule has 1 heterocycles. The third kappa shape index (κ3) is 4.90. The second kappa shape index (κ2) is 9.54. The highest BCUT2D eigenvalue weighted by atomic mass is 19.4. The van der Waals surface area contributed by atoms with E-state index in [0.29, 0.717) is 22.6 Å². The van der Waals surface area contributed by atoms with Crippen molar-refractivity contribution >= 4 is 23.5 Å². The number of benzene rings is 4. The van der Waals surface area contributed by atoms with Crippen LogP contribution in [0.5, 0.6) is 11.5 Å². The van der Waals surface area contributed by atoms with Gasteiger partial charge in [0.2, 0.25) is 0 Å². The fourth-order valence-electron chi connectivity index (χ4n) is 3.81. The number of carbonyl (C=O) groups is 1. The number of alkyl halides is 3. The number of carbonyl (C=O) groups excluding carboxylic acids is 1. The van der Waals surface area contributed by atoms with Crippen LogP contribution in [0.4, 0.5) is 18.9 Å². The van der Waals surface area contributed by atoms with Gasteiger partial charge in [0.25, 0.3) is 5.91 Å². The van der Waals surface area contributed by atoms with Gasteiger partial charge in [0.05, 0.1) is 11.3 Å². The fourth-order valence-corrected chi connectivity index (χ4v) is 3.81. The second-order valence-corrected chi connectivity index (χ2v) is 8.01. The molecule has 0 aromatic heterocycles. The topological polar surface area (TPSA) is 41.9 Å². The number of para-hydroxylation sites is 1. The quantitative estimate of drug-likeness (QED) is 0.278. The lowest BCUT2D eigenvalue weighted by atomic mass is 10.1. The fraction of sp³-hybridized carbons (Fsp3) is 0.0345. The van der Waals surface area contributed by atoms with Crippen LogP contribution >= 0.6 is 0 Å². The molecule has 0 atom stereocenters. The van der Waals surface area contributed by atoms with Crippen LogP contribution in [0.2, 0.25) is 0 Å². The maximum absolute atomic E-state index is 13.5. The number of amidine groups is 1. The maximum atomic E-state index is 13.5. The molecule has 1 amide bonds. The van der Waals surface area contributed by atoms with E-state index < -0.39 is 17.6 Å². The van der Waals surface area contributed by atoms with Crippen LogP contribution in [-0.4, -0.2) is 11.7 Å². The van der Waals surface area contributed by atoms with Gasteiger partial charge in [-0.3, -0.25) is 9.69 Å². The van der Waals surface area contributed by atoms with Gasteiger partial charge in [-0.05, 0) is 54.1 Å². The summed E-state index contributed by atoms with van der Waals surface area (Å²) in [4.78, 5) is 19.2. The minimum atomic E-state index is -4.54. The van der Waals surface area contributed by atoms with E-state index in [1.807, 2.05) is 36.4 Å². The van der Waals surface area contributed by atoms with Crippen LogP contribution in [0, 0.1) is 0 Å². The molecule has 4 aromatic carbocycles. The molecule has 178 valence electrons. The van der Waals surface area contributed by atoms with Gasteiger partial charge in [0.15, 0.2) is 0 Å². The highest BCUT2D eigenvalue weighted by Crippen LogP contribution is 2.34. The number of amides is 1. The number of hydrogen-bond acceptors (Lipinski definition) is 3. The van der Waals surface area contributed by atoms with Crippen LogP contribution < -0.4 is 9.64 Å². The van der Waals surface area contributed by atoms with E-state index in [1.165, 1.54) is 17.0 Å². The van der Waals surface area contributed by atoms with E-state index >= 15 is 0 Å². The average molecular weight is 484 g/mol. The summed E-state index contributed by atoms with van der Waals surface area (Å²) in [6.07, 6.45) is -2.95. The number of nitrogens with zero attached hydrogens (tertiary/aromatic N) is 2. The van der Waals surface area contributed by atoms with Crippen molar-refractivity contribution in [1.82, 2.24) is 0 Å². The minimum absolute atomic E-state index is 0.0852. The third-order valence-corrected chi connectivity index (χ3v) is 5.46. The monoisotopic (exact) mass is 484 g/mol. The van der Waals surface area contributed by atoms with E-state index in [4.69, 9.17) is 4.74 Å². The first-order chi connectivity index (χ1) is 17.4. The number of anilines is 1. The van der Waals surface area contributed by atoms with Crippen molar-refractivity contribution in [3.8, 4) is 11.5 Å². The molecule has 4 nitrogen and oxygen atoms in total. The third-order valence-electron chi connectivity index (χ3n) is 5.46. The maximum Gasteiger partial charge on any atom is 0.416 e. The first-order valence-electron chi connectivity index (χ1n) is 11.1. The first-order valence-corrected chi connectivity index (χ1v) is 11.1. The summed E-state index contributed by atoms with van der Waals surface area (Å²) in [5, 5.41) is 0. The van der Waals surface area contributed by atoms with Crippen molar-refractivity contribution < 1.29 is 22.7 Å². The van der Waals surface area contributed by atoms with Gasteiger partial charge < -0.3 is 4.74 Å². The Kier molecular flexibility index (Phi) is 6.12. The van der Waals surface area contributed by atoms with E-state index in [-0.39, 0.29) is 17.2 Å². The zero-order valence-electron chi connectivity index (χ0n) is 18.8. The zero-order chi connectivity index (χ0) is 25.1. The summed E-state index contributed by atoms with van der Waals surface area (Å²) in [5.74, 6) is 0.966. The summed E-state index contributed by atoms with van der Waals surface area (Å²) in [5.41, 5.74) is 0.607. The van der Waals surface area contributed by atoms with Crippen LogP contribution in [0.1, 0.15) is 16.7 Å². The van der Waals surface area contributed by atoms with Gasteiger partial charge in [-0.1, -0.05) is 66.7 Å². The summed E-state index contributed by atoms with van der Waals surface area (Å²) in [7, 11) is 0. The lowest BCUT2D eigenvalue weighted by Crippen LogP contribution is -2.32. The molecular formula is C29H19F3N2O2. The Morgan fingerprint density at radius 1 is 0.750 bits per heavy atom. The summed E-state index contributed by atoms with van der Waals surface area (Å²) in [6.45, 7) is 0. The molecule has 0 unspecified atom stereocenters. The van der Waals surface area contributed by atoms with Gasteiger partial charge in [-0.2, -0.15) is 13.2 Å². The van der Waals surface area contributed by atoms with Crippen LogP contribution in [0.15, 0.2) is 120 Å². The van der Waals surface area contributed by atoms with Crippen molar-refractivity contribution in [3.05, 3.63) is 132 Å². The molecule has 0 radical (unpaired) electrons. The molecule has 0 N–H and O–H groups in total. The smallest absolute Gasteiger partial charge is 0.416 e. The van der Waals surface area contributed by atoms with Crippen molar-refractivity contribution in [2.45, 2.75) is 6.18 Å². The lowest BCUT2D eigenvalue weighted by molar-refractivity contribution is -0.137. The Morgan fingerprint density at radius 3 is 2.14 bits per heavy atom. The predicted molar refractivity (Wildman–Crippen MR) is 133 cm³/mol. The largest absolute Gasteiger partial charge is 0.457 e. The SMILES string of the molecule is O=C1/C(=C\c2cccc(Oc3ccccc3)c2)N=C(c2ccccc2)N1c1cccc(C(F)(F)F)c1. The molecule has 4 aromatic rings. The summed E-state index contributed by atoms with van der Waals surface area (Å²) >= 11 is 0. The molecule has 1 aliphatic heterocycles. The highest BCUT2D eigenvalue weighted by molar-refractivity contribution is 6.33. The molecule has 7 heteroatoms. The second-order valence-electron chi connectivity index (χ2n) is 8.01. The molecule has 0 spiro atoms. The van der Waals surface area contributed by atoms with Gasteiger partial charge in [0, 0.05) is 5.56 Å². The molecule has 5 rings (SSSR count). The number of hydrogen-bond donors (Lipinski definition) is 0. The molecule has 0 aliphatic carbocycles. The van der Waals surface area contributed by atoms with Crippen LogP contribution in [-0.2, 0) is 11.0 Å². The molecule has 36 heavy (non-hydrogen) atoms. The summed E-state index contributed by atoms with van der Waals surface area (Å²) in [6, 6.07) is 29.9. The van der Waals surface area contributed by atoms with E-state index in [1.54, 1.807) is 54.6 Å². The Labute approximate surface area is 205 Å². The molecule has 0 saturated heterocycles. The molecule has 1 aliphatic rings. The van der Waals surface area contributed by atoms with Crippen LogP contribution in [0.25, 0.3) is 6.08 Å². The van der Waals surface area contributed by atoms with Crippen LogP contribution in [0.3, 0.4) is 0 Å².